The number of thiophene rings is 1. The van der Waals surface area contributed by atoms with Crippen molar-refractivity contribution in [2.24, 2.45) is 7.05 Å². The summed E-state index contributed by atoms with van der Waals surface area (Å²) in [5, 5.41) is 9.61. The van der Waals surface area contributed by atoms with Gasteiger partial charge in [-0.15, -0.1) is 11.3 Å². The van der Waals surface area contributed by atoms with Crippen LogP contribution in [0.5, 0.6) is 0 Å². The third-order valence-corrected chi connectivity index (χ3v) is 3.82. The van der Waals surface area contributed by atoms with Crippen molar-refractivity contribution in [3.8, 4) is 10.6 Å². The Morgan fingerprint density at radius 1 is 1.53 bits per heavy atom. The molecule has 2 aromatic rings. The molecule has 0 saturated heterocycles. The van der Waals surface area contributed by atoms with Crippen LogP contribution in [-0.4, -0.2) is 16.8 Å². The fraction of sp³-hybridized carbons (Fsp3) is 0.300. The van der Waals surface area contributed by atoms with Crippen LogP contribution in [0.1, 0.15) is 5.69 Å². The summed E-state index contributed by atoms with van der Waals surface area (Å²) in [6.45, 7) is 0.806. The van der Waals surface area contributed by atoms with Gasteiger partial charge in [0, 0.05) is 23.4 Å². The standard InChI is InChI=1S/C10H12BrN3S/c1-12-5-8-4-9(14(2)13-8)10-3-7(11)6-15-10/h3-4,6,12H,5H2,1-2H3. The predicted octanol–water partition coefficient (Wildman–Crippen LogP) is 2.63. The summed E-state index contributed by atoms with van der Waals surface area (Å²) < 4.78 is 3.05. The smallest absolute Gasteiger partial charge is 0.0782 e. The Morgan fingerprint density at radius 3 is 2.93 bits per heavy atom. The zero-order chi connectivity index (χ0) is 10.8. The summed E-state index contributed by atoms with van der Waals surface area (Å²) in [7, 11) is 3.90. The average molecular weight is 286 g/mol. The Hall–Kier alpha value is -0.650. The molecular weight excluding hydrogens is 274 g/mol. The van der Waals surface area contributed by atoms with Crippen LogP contribution in [0.25, 0.3) is 10.6 Å². The molecular formula is C10H12BrN3S. The second-order valence-corrected chi connectivity index (χ2v) is 5.13. The van der Waals surface area contributed by atoms with Crippen LogP contribution in [0.2, 0.25) is 0 Å². The van der Waals surface area contributed by atoms with Crippen LogP contribution in [0.3, 0.4) is 0 Å². The van der Waals surface area contributed by atoms with E-state index in [-0.39, 0.29) is 0 Å². The van der Waals surface area contributed by atoms with Crippen molar-refractivity contribution >= 4 is 27.3 Å². The van der Waals surface area contributed by atoms with Gasteiger partial charge < -0.3 is 5.32 Å². The fourth-order valence-corrected chi connectivity index (χ4v) is 2.95. The molecule has 0 amide bonds. The molecule has 3 nitrogen and oxygen atoms in total. The molecule has 0 aliphatic rings. The number of aryl methyl sites for hydroxylation is 1. The van der Waals surface area contributed by atoms with Crippen LogP contribution in [-0.2, 0) is 13.6 Å². The molecule has 0 fully saturated rings. The molecule has 0 atom stereocenters. The van der Waals surface area contributed by atoms with E-state index in [0.29, 0.717) is 0 Å². The first-order valence-corrected chi connectivity index (χ1v) is 6.30. The SMILES string of the molecule is CNCc1cc(-c2cc(Br)cs2)n(C)n1. The molecule has 80 valence electrons. The molecule has 1 N–H and O–H groups in total. The molecule has 0 aliphatic carbocycles. The minimum Gasteiger partial charge on any atom is -0.314 e. The van der Waals surface area contributed by atoms with E-state index in [4.69, 9.17) is 0 Å². The highest BCUT2D eigenvalue weighted by Crippen LogP contribution is 2.29. The monoisotopic (exact) mass is 285 g/mol. The van der Waals surface area contributed by atoms with E-state index in [2.05, 4.69) is 43.9 Å². The van der Waals surface area contributed by atoms with E-state index in [1.807, 2.05) is 18.8 Å². The Labute approximate surface area is 101 Å². The normalized spacial score (nSPS) is 10.9. The number of aromatic nitrogens is 2. The van der Waals surface area contributed by atoms with Gasteiger partial charge in [-0.2, -0.15) is 5.10 Å². The van der Waals surface area contributed by atoms with Crippen molar-refractivity contribution in [1.82, 2.24) is 15.1 Å². The molecule has 0 aliphatic heterocycles. The summed E-state index contributed by atoms with van der Waals surface area (Å²) in [5.41, 5.74) is 2.23. The first kappa shape index (κ1) is 10.9. The summed E-state index contributed by atoms with van der Waals surface area (Å²) in [4.78, 5) is 1.24. The summed E-state index contributed by atoms with van der Waals surface area (Å²) >= 11 is 5.18. The van der Waals surface area contributed by atoms with Crippen molar-refractivity contribution in [3.63, 3.8) is 0 Å². The van der Waals surface area contributed by atoms with Gasteiger partial charge in [0.2, 0.25) is 0 Å². The largest absolute Gasteiger partial charge is 0.314 e. The van der Waals surface area contributed by atoms with Gasteiger partial charge in [-0.25, -0.2) is 0 Å². The number of hydrogen-bond acceptors (Lipinski definition) is 3. The highest BCUT2D eigenvalue weighted by Gasteiger charge is 2.08. The maximum absolute atomic E-state index is 4.43. The average Bonchev–Trinajstić information content (AvgIpc) is 2.73. The number of nitrogens with one attached hydrogen (secondary N) is 1. The first-order chi connectivity index (χ1) is 7.20. The van der Waals surface area contributed by atoms with Gasteiger partial charge in [-0.05, 0) is 35.1 Å². The summed E-state index contributed by atoms with van der Waals surface area (Å²) in [6, 6.07) is 4.24. The topological polar surface area (TPSA) is 29.9 Å². The zero-order valence-corrected chi connectivity index (χ0v) is 11.0. The van der Waals surface area contributed by atoms with Gasteiger partial charge in [0.25, 0.3) is 0 Å². The molecule has 0 saturated carbocycles. The summed E-state index contributed by atoms with van der Waals surface area (Å²) in [6.07, 6.45) is 0. The minimum atomic E-state index is 0.806. The zero-order valence-electron chi connectivity index (χ0n) is 8.62. The Kier molecular flexibility index (Phi) is 3.23. The number of rotatable bonds is 3. The molecule has 0 bridgehead atoms. The van der Waals surface area contributed by atoms with Gasteiger partial charge in [0.15, 0.2) is 0 Å². The van der Waals surface area contributed by atoms with Gasteiger partial charge in [-0.3, -0.25) is 4.68 Å². The number of halogens is 1. The van der Waals surface area contributed by atoms with Gasteiger partial charge >= 0.3 is 0 Å². The van der Waals surface area contributed by atoms with E-state index in [0.717, 1.165) is 22.4 Å². The molecule has 0 radical (unpaired) electrons. The predicted molar refractivity (Wildman–Crippen MR) is 67.0 cm³/mol. The highest BCUT2D eigenvalue weighted by molar-refractivity contribution is 9.10. The van der Waals surface area contributed by atoms with Gasteiger partial charge in [0.05, 0.1) is 16.3 Å². The van der Waals surface area contributed by atoms with Crippen LogP contribution in [0.4, 0.5) is 0 Å². The molecule has 0 spiro atoms. The second-order valence-electron chi connectivity index (χ2n) is 3.30. The lowest BCUT2D eigenvalue weighted by Gasteiger charge is -1.95. The van der Waals surface area contributed by atoms with Crippen molar-refractivity contribution in [3.05, 3.63) is 27.7 Å². The highest BCUT2D eigenvalue weighted by atomic mass is 79.9. The minimum absolute atomic E-state index is 0.806. The van der Waals surface area contributed by atoms with E-state index in [1.54, 1.807) is 11.3 Å². The number of hydrogen-bond donors (Lipinski definition) is 1. The van der Waals surface area contributed by atoms with Crippen molar-refractivity contribution < 1.29 is 0 Å². The van der Waals surface area contributed by atoms with E-state index in [1.165, 1.54) is 4.88 Å². The lowest BCUT2D eigenvalue weighted by atomic mass is 10.3. The second kappa shape index (κ2) is 4.47. The molecule has 5 heteroatoms. The first-order valence-electron chi connectivity index (χ1n) is 4.62. The van der Waals surface area contributed by atoms with Crippen LogP contribution in [0.15, 0.2) is 22.0 Å². The molecule has 2 rings (SSSR count). The third-order valence-electron chi connectivity index (χ3n) is 2.11. The molecule has 15 heavy (non-hydrogen) atoms. The van der Waals surface area contributed by atoms with Gasteiger partial charge in [0.1, 0.15) is 0 Å². The maximum atomic E-state index is 4.43. The van der Waals surface area contributed by atoms with E-state index < -0.39 is 0 Å². The quantitative estimate of drug-likeness (QED) is 0.940. The molecule has 0 aromatic carbocycles. The summed E-state index contributed by atoms with van der Waals surface area (Å²) in [5.74, 6) is 0. The van der Waals surface area contributed by atoms with E-state index in [9.17, 15) is 0 Å². The Balaban J connectivity index is 2.35. The van der Waals surface area contributed by atoms with Crippen molar-refractivity contribution in [2.45, 2.75) is 6.54 Å². The lowest BCUT2D eigenvalue weighted by Crippen LogP contribution is -2.05. The van der Waals surface area contributed by atoms with Crippen LogP contribution in [0, 0.1) is 0 Å². The molecule has 2 heterocycles. The van der Waals surface area contributed by atoms with Crippen LogP contribution < -0.4 is 5.32 Å². The van der Waals surface area contributed by atoms with Crippen LogP contribution >= 0.6 is 27.3 Å². The lowest BCUT2D eigenvalue weighted by molar-refractivity contribution is 0.716. The van der Waals surface area contributed by atoms with E-state index >= 15 is 0 Å². The Bertz CT molecular complexity index is 461. The number of nitrogens with zero attached hydrogens (tertiary/aromatic N) is 2. The third kappa shape index (κ3) is 2.30. The molecule has 2 aromatic heterocycles. The van der Waals surface area contributed by atoms with Gasteiger partial charge in [-0.1, -0.05) is 0 Å². The molecule has 0 unspecified atom stereocenters. The van der Waals surface area contributed by atoms with Crippen molar-refractivity contribution in [2.75, 3.05) is 7.05 Å². The Morgan fingerprint density at radius 2 is 2.33 bits per heavy atom. The fourth-order valence-electron chi connectivity index (χ4n) is 1.47. The van der Waals surface area contributed by atoms with Crippen molar-refractivity contribution in [1.29, 1.82) is 0 Å². The maximum Gasteiger partial charge on any atom is 0.0782 e.